The molecule has 5 heteroatoms. The third-order valence-electron chi connectivity index (χ3n) is 8.37. The fraction of sp³-hybridized carbons (Fsp3) is 0.471. The lowest BCUT2D eigenvalue weighted by molar-refractivity contribution is 0.310. The largest absolute Gasteiger partial charge is 0.207 e. The zero-order chi connectivity index (χ0) is 27.8. The predicted molar refractivity (Wildman–Crippen MR) is 152 cm³/mol. The average molecular weight is 559 g/mol. The van der Waals surface area contributed by atoms with Crippen LogP contribution in [0.4, 0.5) is 17.6 Å². The molecule has 1 aliphatic carbocycles. The van der Waals surface area contributed by atoms with Crippen LogP contribution in [-0.2, 0) is 25.7 Å². The molecule has 1 aliphatic rings. The highest BCUT2D eigenvalue weighted by molar-refractivity contribution is 6.30. The summed E-state index contributed by atoms with van der Waals surface area (Å²) in [6.45, 7) is 2.24. The van der Waals surface area contributed by atoms with E-state index in [1.165, 1.54) is 48.9 Å². The number of rotatable bonds is 12. The Morgan fingerprint density at radius 3 is 1.85 bits per heavy atom. The van der Waals surface area contributed by atoms with Crippen molar-refractivity contribution in [3.8, 4) is 0 Å². The highest BCUT2D eigenvalue weighted by Gasteiger charge is 2.23. The zero-order valence-electron chi connectivity index (χ0n) is 22.9. The van der Waals surface area contributed by atoms with Gasteiger partial charge < -0.3 is 0 Å². The molecule has 0 aromatic heterocycles. The van der Waals surface area contributed by atoms with Crippen molar-refractivity contribution in [1.29, 1.82) is 0 Å². The smallest absolute Gasteiger partial charge is 0.145 e. The molecule has 0 spiro atoms. The molecular formula is C34H39ClF4. The van der Waals surface area contributed by atoms with Crippen molar-refractivity contribution in [2.45, 2.75) is 96.3 Å². The number of hydrogen-bond acceptors (Lipinski definition) is 0. The quantitative estimate of drug-likeness (QED) is 0.118. The van der Waals surface area contributed by atoms with E-state index in [4.69, 9.17) is 11.6 Å². The normalized spacial score (nSPS) is 17.5. The Balaban J connectivity index is 1.24. The van der Waals surface area contributed by atoms with E-state index in [1.54, 1.807) is 0 Å². The van der Waals surface area contributed by atoms with E-state index >= 15 is 0 Å². The molecule has 1 saturated carbocycles. The second-order valence-electron chi connectivity index (χ2n) is 11.2. The van der Waals surface area contributed by atoms with Crippen molar-refractivity contribution in [1.82, 2.24) is 0 Å². The Hall–Kier alpha value is -2.33. The van der Waals surface area contributed by atoms with E-state index < -0.39 is 28.3 Å². The monoisotopic (exact) mass is 558 g/mol. The van der Waals surface area contributed by atoms with Gasteiger partial charge in [-0.15, -0.1) is 0 Å². The van der Waals surface area contributed by atoms with Crippen LogP contribution in [0, 0.1) is 29.2 Å². The summed E-state index contributed by atoms with van der Waals surface area (Å²) in [4.78, 5) is 0. The summed E-state index contributed by atoms with van der Waals surface area (Å²) >= 11 is 5.51. The first kappa shape index (κ1) is 29.6. The molecule has 0 atom stereocenters. The first-order chi connectivity index (χ1) is 18.8. The third-order valence-corrected chi connectivity index (χ3v) is 8.73. The molecule has 3 aromatic rings. The Morgan fingerprint density at radius 1 is 0.641 bits per heavy atom. The van der Waals surface area contributed by atoms with Crippen molar-refractivity contribution >= 4 is 11.6 Å². The fourth-order valence-corrected chi connectivity index (χ4v) is 6.04. The summed E-state index contributed by atoms with van der Waals surface area (Å²) in [7, 11) is 0. The number of benzene rings is 3. The highest BCUT2D eigenvalue weighted by Crippen LogP contribution is 2.38. The molecule has 4 rings (SSSR count). The molecule has 0 aliphatic heterocycles. The van der Waals surface area contributed by atoms with Crippen LogP contribution in [0.15, 0.2) is 48.5 Å². The Kier molecular flexibility index (Phi) is 10.9. The van der Waals surface area contributed by atoms with Crippen molar-refractivity contribution in [2.24, 2.45) is 5.92 Å². The van der Waals surface area contributed by atoms with Crippen molar-refractivity contribution in [2.75, 3.05) is 0 Å². The van der Waals surface area contributed by atoms with Gasteiger partial charge in [-0.3, -0.25) is 0 Å². The molecular weight excluding hydrogens is 520 g/mol. The van der Waals surface area contributed by atoms with Gasteiger partial charge in [0.05, 0.1) is 0 Å². The van der Waals surface area contributed by atoms with Gasteiger partial charge in [-0.05, 0) is 123 Å². The number of aryl methyl sites for hydroxylation is 3. The van der Waals surface area contributed by atoms with Gasteiger partial charge in [0.2, 0.25) is 0 Å². The van der Waals surface area contributed by atoms with Crippen LogP contribution in [0.3, 0.4) is 0 Å². The molecule has 0 saturated heterocycles. The lowest BCUT2D eigenvalue weighted by Crippen LogP contribution is -2.14. The number of halogens is 5. The van der Waals surface area contributed by atoms with Gasteiger partial charge in [0, 0.05) is 5.56 Å². The molecule has 0 nitrogen and oxygen atoms in total. The molecule has 3 aromatic carbocycles. The molecule has 0 unspecified atom stereocenters. The SMILES string of the molecule is CCCCCCc1ccc(C2CCC(CCc3cc(F)c(CCc4cc(F)c(Cl)c(F)c4)c(F)c3)CC2)cc1. The maximum atomic E-state index is 14.8. The van der Waals surface area contributed by atoms with E-state index in [0.717, 1.165) is 50.7 Å². The van der Waals surface area contributed by atoms with Gasteiger partial charge >= 0.3 is 0 Å². The van der Waals surface area contributed by atoms with Crippen LogP contribution in [0.2, 0.25) is 5.02 Å². The number of unbranched alkanes of at least 4 members (excludes halogenated alkanes) is 3. The highest BCUT2D eigenvalue weighted by atomic mass is 35.5. The fourth-order valence-electron chi connectivity index (χ4n) is 5.93. The number of hydrogen-bond donors (Lipinski definition) is 0. The van der Waals surface area contributed by atoms with E-state index in [0.29, 0.717) is 29.4 Å². The van der Waals surface area contributed by atoms with Crippen LogP contribution in [0.25, 0.3) is 0 Å². The second-order valence-corrected chi connectivity index (χ2v) is 11.6. The molecule has 39 heavy (non-hydrogen) atoms. The predicted octanol–water partition coefficient (Wildman–Crippen LogP) is 10.7. The molecule has 210 valence electrons. The molecule has 0 radical (unpaired) electrons. The maximum absolute atomic E-state index is 14.8. The van der Waals surface area contributed by atoms with Gasteiger partial charge in [0.1, 0.15) is 28.3 Å². The standard InChI is InChI=1S/C34H39ClF4/c1-2-3-4-5-6-23-9-14-27(15-10-23)28-16-11-24(12-17-28)7-8-25-19-30(36)29(31(37)20-25)18-13-26-21-32(38)34(35)33(39)22-26/h9-10,14-15,19-22,24,28H,2-8,11-13,16-18H2,1H3. The van der Waals surface area contributed by atoms with Gasteiger partial charge in [0.15, 0.2) is 0 Å². The average Bonchev–Trinajstić information content (AvgIpc) is 2.93. The summed E-state index contributed by atoms with van der Waals surface area (Å²) in [5.41, 5.74) is 3.79. The Bertz CT molecular complexity index is 1170. The van der Waals surface area contributed by atoms with Gasteiger partial charge in [0.25, 0.3) is 0 Å². The van der Waals surface area contributed by atoms with Crippen LogP contribution in [0.1, 0.15) is 98.4 Å². The van der Waals surface area contributed by atoms with Gasteiger partial charge in [-0.2, -0.15) is 0 Å². The molecule has 0 N–H and O–H groups in total. The first-order valence-electron chi connectivity index (χ1n) is 14.5. The van der Waals surface area contributed by atoms with Gasteiger partial charge in [-0.25, -0.2) is 17.6 Å². The molecule has 0 heterocycles. The maximum Gasteiger partial charge on any atom is 0.145 e. The lowest BCUT2D eigenvalue weighted by Gasteiger charge is -2.29. The molecule has 1 fully saturated rings. The second kappa shape index (κ2) is 14.3. The minimum absolute atomic E-state index is 0.0162. The van der Waals surface area contributed by atoms with E-state index in [9.17, 15) is 17.6 Å². The Labute approximate surface area is 235 Å². The minimum Gasteiger partial charge on any atom is -0.207 e. The first-order valence-corrected chi connectivity index (χ1v) is 14.9. The summed E-state index contributed by atoms with van der Waals surface area (Å²) < 4.78 is 56.9. The summed E-state index contributed by atoms with van der Waals surface area (Å²) in [6.07, 6.45) is 12.6. The van der Waals surface area contributed by atoms with Crippen LogP contribution < -0.4 is 0 Å². The van der Waals surface area contributed by atoms with E-state index in [-0.39, 0.29) is 18.4 Å². The van der Waals surface area contributed by atoms with Crippen molar-refractivity contribution in [3.05, 3.63) is 105 Å². The van der Waals surface area contributed by atoms with Crippen molar-refractivity contribution < 1.29 is 17.6 Å². The van der Waals surface area contributed by atoms with Crippen LogP contribution >= 0.6 is 11.6 Å². The summed E-state index contributed by atoms with van der Waals surface area (Å²) in [6, 6.07) is 14.3. The van der Waals surface area contributed by atoms with Crippen molar-refractivity contribution in [3.63, 3.8) is 0 Å². The lowest BCUT2D eigenvalue weighted by atomic mass is 9.76. The summed E-state index contributed by atoms with van der Waals surface area (Å²) in [5, 5.41) is -0.573. The molecule has 0 bridgehead atoms. The third kappa shape index (κ3) is 8.33. The topological polar surface area (TPSA) is 0 Å². The van der Waals surface area contributed by atoms with Gasteiger partial charge in [-0.1, -0.05) is 62.1 Å². The summed E-state index contributed by atoms with van der Waals surface area (Å²) in [5.74, 6) is -1.77. The molecule has 0 amide bonds. The van der Waals surface area contributed by atoms with E-state index in [2.05, 4.69) is 31.2 Å². The van der Waals surface area contributed by atoms with E-state index in [1.807, 2.05) is 0 Å². The zero-order valence-corrected chi connectivity index (χ0v) is 23.6. The van der Waals surface area contributed by atoms with Crippen LogP contribution in [0.5, 0.6) is 0 Å². The van der Waals surface area contributed by atoms with Crippen LogP contribution in [-0.4, -0.2) is 0 Å². The Morgan fingerprint density at radius 2 is 1.23 bits per heavy atom. The minimum atomic E-state index is -0.872.